The van der Waals surface area contributed by atoms with Crippen LogP contribution in [0.2, 0.25) is 0 Å². The predicted molar refractivity (Wildman–Crippen MR) is 129 cm³/mol. The van der Waals surface area contributed by atoms with Gasteiger partial charge in [0, 0.05) is 23.5 Å². The van der Waals surface area contributed by atoms with Crippen molar-refractivity contribution < 1.29 is 14.3 Å². The van der Waals surface area contributed by atoms with Crippen LogP contribution in [0.15, 0.2) is 59.4 Å². The Morgan fingerprint density at radius 3 is 2.50 bits per heavy atom. The van der Waals surface area contributed by atoms with Crippen molar-refractivity contribution in [3.63, 3.8) is 0 Å². The number of anilines is 1. The summed E-state index contributed by atoms with van der Waals surface area (Å²) < 4.78 is 6.67. The Morgan fingerprint density at radius 1 is 1.09 bits per heavy atom. The highest BCUT2D eigenvalue weighted by Gasteiger charge is 2.14. The topological polar surface area (TPSA) is 113 Å². The van der Waals surface area contributed by atoms with E-state index >= 15 is 0 Å². The molecule has 2 N–H and O–H groups in total. The first-order valence-electron chi connectivity index (χ1n) is 10.8. The number of hydrogen-bond donors (Lipinski definition) is 2. The van der Waals surface area contributed by atoms with E-state index in [1.807, 2.05) is 37.3 Å². The SMILES string of the molecule is CCOc1ccc(CNC(=O)c2cccc(NC(=O)Cn3c(C)cc(C)c(C#N)c3=O)c2)cc1. The summed E-state index contributed by atoms with van der Waals surface area (Å²) in [5, 5.41) is 14.8. The van der Waals surface area contributed by atoms with Gasteiger partial charge in [-0.05, 0) is 68.3 Å². The maximum Gasteiger partial charge on any atom is 0.269 e. The van der Waals surface area contributed by atoms with Gasteiger partial charge in [-0.25, -0.2) is 0 Å². The van der Waals surface area contributed by atoms with Crippen molar-refractivity contribution in [2.24, 2.45) is 0 Å². The van der Waals surface area contributed by atoms with E-state index in [1.54, 1.807) is 44.2 Å². The van der Waals surface area contributed by atoms with Gasteiger partial charge in [-0.1, -0.05) is 18.2 Å². The Hall–Kier alpha value is -4.38. The fraction of sp³-hybridized carbons (Fsp3) is 0.231. The highest BCUT2D eigenvalue weighted by atomic mass is 16.5. The molecule has 1 heterocycles. The molecule has 0 spiro atoms. The Morgan fingerprint density at radius 2 is 1.82 bits per heavy atom. The molecule has 8 nitrogen and oxygen atoms in total. The minimum Gasteiger partial charge on any atom is -0.494 e. The standard InChI is InChI=1S/C26H26N4O4/c1-4-34-22-10-8-19(9-11-22)15-28-25(32)20-6-5-7-21(13-20)29-24(31)16-30-18(3)12-17(2)23(14-27)26(30)33/h5-13H,4,15-16H2,1-3H3,(H,28,32)(H,29,31). The fourth-order valence-corrected chi connectivity index (χ4v) is 3.50. The normalized spacial score (nSPS) is 10.3. The van der Waals surface area contributed by atoms with Gasteiger partial charge < -0.3 is 19.9 Å². The molecule has 0 saturated heterocycles. The van der Waals surface area contributed by atoms with Gasteiger partial charge in [0.1, 0.15) is 23.9 Å². The number of nitrogens with one attached hydrogen (secondary N) is 2. The lowest BCUT2D eigenvalue weighted by atomic mass is 10.1. The zero-order valence-corrected chi connectivity index (χ0v) is 19.3. The molecule has 2 amide bonds. The summed E-state index contributed by atoms with van der Waals surface area (Å²) in [5.41, 5.74) is 2.42. The molecule has 0 saturated carbocycles. The van der Waals surface area contributed by atoms with Crippen LogP contribution < -0.4 is 20.9 Å². The van der Waals surface area contributed by atoms with Crippen molar-refractivity contribution in [3.05, 3.63) is 92.9 Å². The molecule has 0 radical (unpaired) electrons. The second-order valence-corrected chi connectivity index (χ2v) is 7.74. The van der Waals surface area contributed by atoms with Gasteiger partial charge in [0.2, 0.25) is 5.91 Å². The van der Waals surface area contributed by atoms with Gasteiger partial charge in [-0.15, -0.1) is 0 Å². The number of carbonyl (C=O) groups excluding carboxylic acids is 2. The number of aromatic nitrogens is 1. The van der Waals surface area contributed by atoms with Gasteiger partial charge in [-0.3, -0.25) is 14.4 Å². The molecular weight excluding hydrogens is 432 g/mol. The quantitative estimate of drug-likeness (QED) is 0.538. The number of ether oxygens (including phenoxy) is 1. The Labute approximate surface area is 197 Å². The summed E-state index contributed by atoms with van der Waals surface area (Å²) in [5.74, 6) is 0.0482. The van der Waals surface area contributed by atoms with Crippen LogP contribution in [0.25, 0.3) is 0 Å². The summed E-state index contributed by atoms with van der Waals surface area (Å²) in [7, 11) is 0. The lowest BCUT2D eigenvalue weighted by Gasteiger charge is -2.13. The molecule has 0 fully saturated rings. The molecule has 0 aliphatic heterocycles. The second kappa shape index (κ2) is 11.0. The summed E-state index contributed by atoms with van der Waals surface area (Å²) in [4.78, 5) is 37.7. The van der Waals surface area contributed by atoms with Crippen molar-refractivity contribution >= 4 is 17.5 Å². The van der Waals surface area contributed by atoms with Crippen molar-refractivity contribution in [2.75, 3.05) is 11.9 Å². The first-order chi connectivity index (χ1) is 16.3. The molecule has 0 aliphatic rings. The van der Waals surface area contributed by atoms with Crippen LogP contribution in [-0.2, 0) is 17.9 Å². The smallest absolute Gasteiger partial charge is 0.269 e. The van der Waals surface area contributed by atoms with Gasteiger partial charge in [0.15, 0.2) is 0 Å². The van der Waals surface area contributed by atoms with Crippen molar-refractivity contribution in [3.8, 4) is 11.8 Å². The molecule has 2 aromatic carbocycles. The molecule has 0 unspecified atom stereocenters. The average molecular weight is 459 g/mol. The third-order valence-corrected chi connectivity index (χ3v) is 5.21. The highest BCUT2D eigenvalue weighted by molar-refractivity contribution is 5.97. The van der Waals surface area contributed by atoms with Crippen molar-refractivity contribution in [2.45, 2.75) is 33.9 Å². The van der Waals surface area contributed by atoms with Crippen LogP contribution in [-0.4, -0.2) is 23.0 Å². The number of benzene rings is 2. The first-order valence-corrected chi connectivity index (χ1v) is 10.8. The van der Waals surface area contributed by atoms with Gasteiger partial charge in [-0.2, -0.15) is 5.26 Å². The number of pyridine rings is 1. The largest absolute Gasteiger partial charge is 0.494 e. The van der Waals surface area contributed by atoms with E-state index in [9.17, 15) is 19.6 Å². The van der Waals surface area contributed by atoms with E-state index in [1.165, 1.54) is 4.57 Å². The van der Waals surface area contributed by atoms with E-state index in [-0.39, 0.29) is 18.0 Å². The van der Waals surface area contributed by atoms with Crippen LogP contribution in [0, 0.1) is 25.2 Å². The first kappa shape index (κ1) is 24.3. The third-order valence-electron chi connectivity index (χ3n) is 5.21. The number of nitrogens with zero attached hydrogens (tertiary/aromatic N) is 2. The fourth-order valence-electron chi connectivity index (χ4n) is 3.50. The maximum absolute atomic E-state index is 12.6. The summed E-state index contributed by atoms with van der Waals surface area (Å²) >= 11 is 0. The molecule has 3 rings (SSSR count). The molecule has 0 bridgehead atoms. The minimum absolute atomic E-state index is 0.0181. The predicted octanol–water partition coefficient (Wildman–Crippen LogP) is 3.30. The summed E-state index contributed by atoms with van der Waals surface area (Å²) in [6, 6.07) is 17.6. The molecule has 3 aromatic rings. The number of amides is 2. The Kier molecular flexibility index (Phi) is 7.83. The van der Waals surface area contributed by atoms with E-state index in [0.29, 0.717) is 35.7 Å². The molecule has 1 aromatic heterocycles. The molecule has 174 valence electrons. The summed E-state index contributed by atoms with van der Waals surface area (Å²) in [6.07, 6.45) is 0. The zero-order chi connectivity index (χ0) is 24.7. The lowest BCUT2D eigenvalue weighted by molar-refractivity contribution is -0.116. The van der Waals surface area contributed by atoms with Gasteiger partial charge in [0.05, 0.1) is 6.61 Å². The van der Waals surface area contributed by atoms with E-state index in [0.717, 1.165) is 11.3 Å². The molecule has 34 heavy (non-hydrogen) atoms. The average Bonchev–Trinajstić information content (AvgIpc) is 2.81. The van der Waals surface area contributed by atoms with E-state index in [2.05, 4.69) is 10.6 Å². The maximum atomic E-state index is 12.6. The van der Waals surface area contributed by atoms with E-state index < -0.39 is 11.5 Å². The van der Waals surface area contributed by atoms with Crippen LogP contribution in [0.4, 0.5) is 5.69 Å². The van der Waals surface area contributed by atoms with E-state index in [4.69, 9.17) is 4.74 Å². The lowest BCUT2D eigenvalue weighted by Crippen LogP contribution is -2.31. The molecular formula is C26H26N4O4. The zero-order valence-electron chi connectivity index (χ0n) is 19.3. The highest BCUT2D eigenvalue weighted by Crippen LogP contribution is 2.14. The molecule has 0 aliphatic carbocycles. The monoisotopic (exact) mass is 458 g/mol. The molecule has 0 atom stereocenters. The van der Waals surface area contributed by atoms with Crippen molar-refractivity contribution in [1.29, 1.82) is 5.26 Å². The number of carbonyl (C=O) groups is 2. The number of aryl methyl sites for hydroxylation is 2. The van der Waals surface area contributed by atoms with Crippen LogP contribution in [0.3, 0.4) is 0 Å². The molecule has 8 heteroatoms. The number of nitriles is 1. The third kappa shape index (κ3) is 5.90. The number of rotatable bonds is 8. The summed E-state index contributed by atoms with van der Waals surface area (Å²) in [6.45, 7) is 6.00. The Balaban J connectivity index is 1.64. The van der Waals surface area contributed by atoms with Gasteiger partial charge in [0.25, 0.3) is 11.5 Å². The second-order valence-electron chi connectivity index (χ2n) is 7.74. The minimum atomic E-state index is -0.502. The number of hydrogen-bond acceptors (Lipinski definition) is 5. The van der Waals surface area contributed by atoms with Crippen LogP contribution in [0.5, 0.6) is 5.75 Å². The van der Waals surface area contributed by atoms with Crippen LogP contribution in [0.1, 0.15) is 39.7 Å². The van der Waals surface area contributed by atoms with Crippen molar-refractivity contribution in [1.82, 2.24) is 9.88 Å². The van der Waals surface area contributed by atoms with Crippen LogP contribution >= 0.6 is 0 Å². The Bertz CT molecular complexity index is 1300. The van der Waals surface area contributed by atoms with Gasteiger partial charge >= 0.3 is 0 Å².